The predicted molar refractivity (Wildman–Crippen MR) is 85.0 cm³/mol. The summed E-state index contributed by atoms with van der Waals surface area (Å²) in [6.45, 7) is 3.15. The van der Waals surface area contributed by atoms with Crippen LogP contribution in [0.5, 0.6) is 5.75 Å². The largest absolute Gasteiger partial charge is 0.494 e. The van der Waals surface area contributed by atoms with Gasteiger partial charge in [0.25, 0.3) is 0 Å². The zero-order chi connectivity index (χ0) is 16.2. The van der Waals surface area contributed by atoms with E-state index < -0.39 is 5.97 Å². The predicted octanol–water partition coefficient (Wildman–Crippen LogP) is 2.92. The van der Waals surface area contributed by atoms with Gasteiger partial charge in [-0.1, -0.05) is 24.1 Å². The second kappa shape index (κ2) is 10.7. The van der Waals surface area contributed by atoms with Gasteiger partial charge < -0.3 is 15.2 Å². The first-order valence-electron chi connectivity index (χ1n) is 7.76. The van der Waals surface area contributed by atoms with Gasteiger partial charge in [-0.3, -0.25) is 9.59 Å². The first kappa shape index (κ1) is 18.0. The quantitative estimate of drug-likeness (QED) is 0.616. The molecular weight excluding hydrogens is 282 g/mol. The SMILES string of the molecule is Cc1ccc(OCCCC(=O)NCCCCCC(=O)O)cc1. The number of carboxylic acids is 1. The number of nitrogens with one attached hydrogen (secondary N) is 1. The molecule has 0 saturated heterocycles. The highest BCUT2D eigenvalue weighted by Crippen LogP contribution is 2.11. The molecule has 0 aliphatic heterocycles. The number of unbranched alkanes of at least 4 members (excludes halogenated alkanes) is 2. The van der Waals surface area contributed by atoms with Crippen LogP contribution in [0.4, 0.5) is 0 Å². The summed E-state index contributed by atoms with van der Waals surface area (Å²) >= 11 is 0. The van der Waals surface area contributed by atoms with Gasteiger partial charge >= 0.3 is 5.97 Å². The number of carbonyl (C=O) groups is 2. The summed E-state index contributed by atoms with van der Waals surface area (Å²) in [5, 5.41) is 11.3. The minimum absolute atomic E-state index is 0.0192. The zero-order valence-corrected chi connectivity index (χ0v) is 13.1. The fourth-order valence-electron chi connectivity index (χ4n) is 1.95. The molecule has 0 aromatic heterocycles. The van der Waals surface area contributed by atoms with Crippen LogP contribution in [-0.2, 0) is 9.59 Å². The van der Waals surface area contributed by atoms with Crippen LogP contribution in [0.15, 0.2) is 24.3 Å². The van der Waals surface area contributed by atoms with Gasteiger partial charge in [-0.2, -0.15) is 0 Å². The monoisotopic (exact) mass is 307 g/mol. The van der Waals surface area contributed by atoms with Gasteiger partial charge in [-0.15, -0.1) is 0 Å². The molecule has 1 aromatic carbocycles. The van der Waals surface area contributed by atoms with Crippen molar-refractivity contribution in [2.45, 2.75) is 45.4 Å². The number of aliphatic carboxylic acids is 1. The summed E-state index contributed by atoms with van der Waals surface area (Å²) in [4.78, 5) is 21.9. The maximum atomic E-state index is 11.6. The molecule has 0 aliphatic carbocycles. The molecular formula is C17H25NO4. The van der Waals surface area contributed by atoms with E-state index >= 15 is 0 Å². The van der Waals surface area contributed by atoms with Crippen molar-refractivity contribution in [1.29, 1.82) is 0 Å². The van der Waals surface area contributed by atoms with Crippen molar-refractivity contribution in [1.82, 2.24) is 5.32 Å². The topological polar surface area (TPSA) is 75.6 Å². The zero-order valence-electron chi connectivity index (χ0n) is 13.1. The Morgan fingerprint density at radius 1 is 1.05 bits per heavy atom. The van der Waals surface area contributed by atoms with E-state index in [-0.39, 0.29) is 12.3 Å². The molecule has 5 nitrogen and oxygen atoms in total. The van der Waals surface area contributed by atoms with E-state index in [1.165, 1.54) is 5.56 Å². The minimum atomic E-state index is -0.766. The second-order valence-electron chi connectivity index (χ2n) is 5.32. The average molecular weight is 307 g/mol. The maximum Gasteiger partial charge on any atom is 0.303 e. The molecule has 2 N–H and O–H groups in total. The fourth-order valence-corrected chi connectivity index (χ4v) is 1.95. The molecule has 122 valence electrons. The normalized spacial score (nSPS) is 10.2. The Kier molecular flexibility index (Phi) is 8.72. The summed E-state index contributed by atoms with van der Waals surface area (Å²) in [5.74, 6) is 0.0767. The molecule has 1 amide bonds. The van der Waals surface area contributed by atoms with Crippen LogP contribution in [0.1, 0.15) is 44.1 Å². The Morgan fingerprint density at radius 3 is 2.45 bits per heavy atom. The van der Waals surface area contributed by atoms with Gasteiger partial charge in [-0.05, 0) is 38.3 Å². The Balaban J connectivity index is 1.97. The molecule has 0 radical (unpaired) electrons. The van der Waals surface area contributed by atoms with Crippen molar-refractivity contribution in [3.63, 3.8) is 0 Å². The van der Waals surface area contributed by atoms with Gasteiger partial charge in [0.1, 0.15) is 5.75 Å². The van der Waals surface area contributed by atoms with Crippen LogP contribution in [0.2, 0.25) is 0 Å². The lowest BCUT2D eigenvalue weighted by Crippen LogP contribution is -2.24. The van der Waals surface area contributed by atoms with Crippen LogP contribution >= 0.6 is 0 Å². The van der Waals surface area contributed by atoms with Gasteiger partial charge in [0, 0.05) is 19.4 Å². The first-order chi connectivity index (χ1) is 10.6. The molecule has 5 heteroatoms. The van der Waals surface area contributed by atoms with E-state index in [1.807, 2.05) is 31.2 Å². The Morgan fingerprint density at radius 2 is 1.77 bits per heavy atom. The number of ether oxygens (including phenoxy) is 1. The number of carbonyl (C=O) groups excluding carboxylic acids is 1. The highest BCUT2D eigenvalue weighted by molar-refractivity contribution is 5.75. The van der Waals surface area contributed by atoms with Gasteiger partial charge in [0.2, 0.25) is 5.91 Å². The molecule has 0 saturated carbocycles. The average Bonchev–Trinajstić information content (AvgIpc) is 2.49. The number of carboxylic acid groups (broad SMARTS) is 1. The summed E-state index contributed by atoms with van der Waals surface area (Å²) in [6.07, 6.45) is 3.63. The number of aryl methyl sites for hydroxylation is 1. The van der Waals surface area contributed by atoms with E-state index in [2.05, 4.69) is 5.32 Å². The summed E-state index contributed by atoms with van der Waals surface area (Å²) < 4.78 is 5.56. The molecule has 0 fully saturated rings. The second-order valence-corrected chi connectivity index (χ2v) is 5.32. The molecule has 0 bridgehead atoms. The van der Waals surface area contributed by atoms with Gasteiger partial charge in [-0.25, -0.2) is 0 Å². The van der Waals surface area contributed by atoms with Gasteiger partial charge in [0.05, 0.1) is 6.61 Å². The molecule has 0 heterocycles. The van der Waals surface area contributed by atoms with Crippen molar-refractivity contribution >= 4 is 11.9 Å². The Bertz CT molecular complexity index is 456. The molecule has 0 atom stereocenters. The lowest BCUT2D eigenvalue weighted by molar-refractivity contribution is -0.137. The van der Waals surface area contributed by atoms with Crippen LogP contribution in [-0.4, -0.2) is 30.1 Å². The number of benzene rings is 1. The Labute approximate surface area is 131 Å². The van der Waals surface area contributed by atoms with E-state index in [0.717, 1.165) is 18.6 Å². The number of hydrogen-bond acceptors (Lipinski definition) is 3. The third-order valence-corrected chi connectivity index (χ3v) is 3.23. The lowest BCUT2D eigenvalue weighted by atomic mass is 10.2. The van der Waals surface area contributed by atoms with Crippen molar-refractivity contribution in [3.05, 3.63) is 29.8 Å². The molecule has 0 unspecified atom stereocenters. The van der Waals surface area contributed by atoms with Crippen molar-refractivity contribution in [2.24, 2.45) is 0 Å². The standard InChI is InChI=1S/C17H25NO4/c1-14-8-10-15(11-9-14)22-13-5-6-16(19)18-12-4-2-3-7-17(20)21/h8-11H,2-7,12-13H2,1H3,(H,18,19)(H,20,21). The van der Waals surface area contributed by atoms with Crippen LogP contribution < -0.4 is 10.1 Å². The summed E-state index contributed by atoms with van der Waals surface area (Å²) in [7, 11) is 0. The lowest BCUT2D eigenvalue weighted by Gasteiger charge is -2.07. The van der Waals surface area contributed by atoms with Gasteiger partial charge in [0.15, 0.2) is 0 Å². The molecule has 0 aliphatic rings. The van der Waals surface area contributed by atoms with E-state index in [4.69, 9.17) is 9.84 Å². The molecule has 1 rings (SSSR count). The maximum absolute atomic E-state index is 11.6. The number of rotatable bonds is 11. The third kappa shape index (κ3) is 9.00. The van der Waals surface area contributed by atoms with Crippen molar-refractivity contribution in [2.75, 3.05) is 13.2 Å². The van der Waals surface area contributed by atoms with E-state index in [0.29, 0.717) is 32.4 Å². The highest BCUT2D eigenvalue weighted by Gasteiger charge is 2.02. The van der Waals surface area contributed by atoms with E-state index in [9.17, 15) is 9.59 Å². The summed E-state index contributed by atoms with van der Waals surface area (Å²) in [5.41, 5.74) is 1.19. The molecule has 22 heavy (non-hydrogen) atoms. The highest BCUT2D eigenvalue weighted by atomic mass is 16.5. The van der Waals surface area contributed by atoms with Crippen LogP contribution in [0.25, 0.3) is 0 Å². The van der Waals surface area contributed by atoms with E-state index in [1.54, 1.807) is 0 Å². The van der Waals surface area contributed by atoms with Crippen LogP contribution in [0, 0.1) is 6.92 Å². The smallest absolute Gasteiger partial charge is 0.303 e. The van der Waals surface area contributed by atoms with Crippen molar-refractivity contribution in [3.8, 4) is 5.75 Å². The molecule has 1 aromatic rings. The third-order valence-electron chi connectivity index (χ3n) is 3.23. The number of amides is 1. The first-order valence-corrected chi connectivity index (χ1v) is 7.76. The molecule has 0 spiro atoms. The summed E-state index contributed by atoms with van der Waals surface area (Å²) in [6, 6.07) is 7.83. The fraction of sp³-hybridized carbons (Fsp3) is 0.529. The minimum Gasteiger partial charge on any atom is -0.494 e. The van der Waals surface area contributed by atoms with Crippen molar-refractivity contribution < 1.29 is 19.4 Å². The number of hydrogen-bond donors (Lipinski definition) is 2. The Hall–Kier alpha value is -2.04. The van der Waals surface area contributed by atoms with Crippen LogP contribution in [0.3, 0.4) is 0 Å².